The first kappa shape index (κ1) is 35.2. The summed E-state index contributed by atoms with van der Waals surface area (Å²) in [4.78, 5) is 9.99. The number of benzene rings is 2. The Morgan fingerprint density at radius 3 is 2.19 bits per heavy atom. The van der Waals surface area contributed by atoms with Crippen LogP contribution in [0.15, 0.2) is 83.1 Å². The maximum absolute atomic E-state index is 13.2. The molecule has 3 aliphatic rings. The molecule has 43 heavy (non-hydrogen) atoms. The smallest absolute Gasteiger partial charge is 0.392 e. The molecule has 0 heterocycles. The molecule has 1 amide bonds. The average molecular weight is 599 g/mol. The molecule has 8 heteroatoms. The molecule has 1 saturated carbocycles. The zero-order valence-corrected chi connectivity index (χ0v) is 25.5. The van der Waals surface area contributed by atoms with Crippen molar-refractivity contribution in [2.45, 2.75) is 66.0 Å². The SMILES string of the molecule is C#C.CC.CC1=C(Nc2ccc(F)cc2)C=C2CCC3CC(C(F)(F)F)CC=C3[C@@]2(C)C1.COc1ccc(NC=O)cc1. The van der Waals surface area contributed by atoms with Gasteiger partial charge >= 0.3 is 6.18 Å². The van der Waals surface area contributed by atoms with E-state index in [1.807, 2.05) is 19.9 Å². The molecular weight excluding hydrogens is 556 g/mol. The molecule has 0 radical (unpaired) electrons. The van der Waals surface area contributed by atoms with Crippen molar-refractivity contribution in [3.63, 3.8) is 0 Å². The van der Waals surface area contributed by atoms with Crippen molar-refractivity contribution in [2.75, 3.05) is 17.7 Å². The highest BCUT2D eigenvalue weighted by Crippen LogP contribution is 2.57. The zero-order chi connectivity index (χ0) is 32.2. The van der Waals surface area contributed by atoms with E-state index in [1.54, 1.807) is 43.5 Å². The number of amides is 1. The number of halogens is 4. The molecule has 3 aliphatic carbocycles. The third-order valence-electron chi connectivity index (χ3n) is 8.04. The minimum absolute atomic E-state index is 0.0296. The highest BCUT2D eigenvalue weighted by atomic mass is 19.4. The number of ether oxygens (including phenoxy) is 1. The van der Waals surface area contributed by atoms with Gasteiger partial charge in [0.2, 0.25) is 6.41 Å². The lowest BCUT2D eigenvalue weighted by molar-refractivity contribution is -0.179. The molecule has 2 aromatic rings. The zero-order valence-electron chi connectivity index (χ0n) is 25.5. The third kappa shape index (κ3) is 9.00. The number of carbonyl (C=O) groups is 1. The number of carbonyl (C=O) groups excluding carboxylic acids is 1. The fraction of sp³-hybridized carbons (Fsp3) is 0.400. The maximum Gasteiger partial charge on any atom is 0.392 e. The molecule has 5 rings (SSSR count). The minimum atomic E-state index is -4.10. The van der Waals surface area contributed by atoms with Gasteiger partial charge in [-0.25, -0.2) is 4.39 Å². The Kier molecular flexibility index (Phi) is 13.1. The van der Waals surface area contributed by atoms with Crippen LogP contribution >= 0.6 is 0 Å². The summed E-state index contributed by atoms with van der Waals surface area (Å²) < 4.78 is 57.7. The van der Waals surface area contributed by atoms with Gasteiger partial charge in [0.1, 0.15) is 11.6 Å². The quantitative estimate of drug-likeness (QED) is 0.156. The van der Waals surface area contributed by atoms with E-state index in [1.165, 1.54) is 28.9 Å². The van der Waals surface area contributed by atoms with Crippen molar-refractivity contribution in [1.29, 1.82) is 0 Å². The molecule has 0 spiro atoms. The van der Waals surface area contributed by atoms with Gasteiger partial charge in [-0.1, -0.05) is 38.0 Å². The van der Waals surface area contributed by atoms with E-state index in [2.05, 4.69) is 43.4 Å². The summed E-state index contributed by atoms with van der Waals surface area (Å²) in [5.41, 5.74) is 6.09. The van der Waals surface area contributed by atoms with E-state index in [-0.39, 0.29) is 30.0 Å². The minimum Gasteiger partial charge on any atom is -0.497 e. The fourth-order valence-corrected chi connectivity index (χ4v) is 5.97. The van der Waals surface area contributed by atoms with E-state index < -0.39 is 12.1 Å². The van der Waals surface area contributed by atoms with Gasteiger partial charge in [0.15, 0.2) is 0 Å². The molecule has 1 fully saturated rings. The van der Waals surface area contributed by atoms with E-state index in [0.717, 1.165) is 42.1 Å². The number of hydrogen-bond donors (Lipinski definition) is 2. The highest BCUT2D eigenvalue weighted by molar-refractivity contribution is 5.71. The fourth-order valence-electron chi connectivity index (χ4n) is 5.97. The number of terminal acetylenes is 1. The van der Waals surface area contributed by atoms with Gasteiger partial charge in [-0.2, -0.15) is 13.2 Å². The summed E-state index contributed by atoms with van der Waals surface area (Å²) in [5, 5.41) is 5.90. The molecule has 0 aliphatic heterocycles. The Bertz CT molecular complexity index is 1310. The predicted molar refractivity (Wildman–Crippen MR) is 167 cm³/mol. The van der Waals surface area contributed by atoms with Crippen LogP contribution in [0.4, 0.5) is 28.9 Å². The van der Waals surface area contributed by atoms with Crippen LogP contribution in [-0.2, 0) is 4.79 Å². The van der Waals surface area contributed by atoms with Crippen LogP contribution < -0.4 is 15.4 Å². The molecule has 2 unspecified atom stereocenters. The number of nitrogens with one attached hydrogen (secondary N) is 2. The largest absolute Gasteiger partial charge is 0.497 e. The van der Waals surface area contributed by atoms with E-state index >= 15 is 0 Å². The standard InChI is InChI=1S/C23H25F4N.C8H9NO2.C2H6.C2H2/c1-14-13-22(2)16(12-21(14)28-19-8-6-18(24)7-9-19)4-3-15-11-17(23(25,26)27)5-10-20(15)22;1-11-8-4-2-7(3-5-8)9-6-10;2*1-2/h6-10,12,15,17,28H,3-5,11,13H2,1-2H3;2-6H,1H3,(H,9,10);1-2H3;1-2H/t15?,17?,22-;;;/m0.../s1. The third-order valence-corrected chi connectivity index (χ3v) is 8.04. The summed E-state index contributed by atoms with van der Waals surface area (Å²) in [6, 6.07) is 13.4. The molecule has 2 aromatic carbocycles. The Hall–Kier alpha value is -3.99. The predicted octanol–water partition coefficient (Wildman–Crippen LogP) is 9.70. The van der Waals surface area contributed by atoms with Crippen LogP contribution in [-0.4, -0.2) is 19.7 Å². The first-order valence-electron chi connectivity index (χ1n) is 14.4. The van der Waals surface area contributed by atoms with Crippen molar-refractivity contribution in [1.82, 2.24) is 0 Å². The van der Waals surface area contributed by atoms with Crippen LogP contribution in [0, 0.1) is 35.9 Å². The lowest BCUT2D eigenvalue weighted by Gasteiger charge is -2.48. The summed E-state index contributed by atoms with van der Waals surface area (Å²) in [6.07, 6.45) is 11.3. The van der Waals surface area contributed by atoms with Crippen LogP contribution in [0.2, 0.25) is 0 Å². The van der Waals surface area contributed by atoms with E-state index in [9.17, 15) is 22.4 Å². The number of alkyl halides is 3. The van der Waals surface area contributed by atoms with Crippen LogP contribution in [0.3, 0.4) is 0 Å². The van der Waals surface area contributed by atoms with Crippen molar-refractivity contribution >= 4 is 17.8 Å². The van der Waals surface area contributed by atoms with Crippen molar-refractivity contribution in [2.24, 2.45) is 17.3 Å². The number of hydrogen-bond acceptors (Lipinski definition) is 3. The van der Waals surface area contributed by atoms with Gasteiger partial charge in [-0.3, -0.25) is 4.79 Å². The van der Waals surface area contributed by atoms with E-state index in [0.29, 0.717) is 6.41 Å². The summed E-state index contributed by atoms with van der Waals surface area (Å²) in [5.74, 6) is -0.666. The molecule has 0 bridgehead atoms. The summed E-state index contributed by atoms with van der Waals surface area (Å²) in [7, 11) is 1.60. The first-order chi connectivity index (χ1) is 20.5. The van der Waals surface area contributed by atoms with Crippen LogP contribution in [0.1, 0.15) is 59.8 Å². The Labute approximate surface area is 253 Å². The summed E-state index contributed by atoms with van der Waals surface area (Å²) in [6.45, 7) is 8.25. The Morgan fingerprint density at radius 2 is 1.63 bits per heavy atom. The lowest BCUT2D eigenvalue weighted by Crippen LogP contribution is -2.39. The molecule has 3 atom stereocenters. The van der Waals surface area contributed by atoms with Crippen molar-refractivity contribution < 1.29 is 27.1 Å². The van der Waals surface area contributed by atoms with Crippen molar-refractivity contribution in [3.8, 4) is 18.6 Å². The topological polar surface area (TPSA) is 50.4 Å². The van der Waals surface area contributed by atoms with Gasteiger partial charge < -0.3 is 15.4 Å². The highest BCUT2D eigenvalue weighted by Gasteiger charge is 2.48. The number of rotatable bonds is 5. The van der Waals surface area contributed by atoms with Crippen LogP contribution in [0.25, 0.3) is 0 Å². The number of anilines is 2. The molecule has 232 valence electrons. The van der Waals surface area contributed by atoms with Gasteiger partial charge in [-0.15, -0.1) is 12.8 Å². The Balaban J connectivity index is 0.000000361. The lowest BCUT2D eigenvalue weighted by atomic mass is 9.56. The van der Waals surface area contributed by atoms with E-state index in [4.69, 9.17) is 4.74 Å². The molecule has 2 N–H and O–H groups in total. The number of methoxy groups -OCH3 is 1. The van der Waals surface area contributed by atoms with Gasteiger partial charge in [0.05, 0.1) is 13.0 Å². The van der Waals surface area contributed by atoms with Gasteiger partial charge in [0, 0.05) is 22.5 Å². The van der Waals surface area contributed by atoms with Crippen LogP contribution in [0.5, 0.6) is 5.75 Å². The summed E-state index contributed by atoms with van der Waals surface area (Å²) >= 11 is 0. The number of fused-ring (bicyclic) bond motifs is 3. The maximum atomic E-state index is 13.2. The average Bonchev–Trinajstić information content (AvgIpc) is 3.01. The monoisotopic (exact) mass is 598 g/mol. The second kappa shape index (κ2) is 16.0. The molecular formula is C35H42F4N2O2. The normalized spacial score (nSPS) is 22.1. The van der Waals surface area contributed by atoms with Gasteiger partial charge in [-0.05, 0) is 105 Å². The Morgan fingerprint density at radius 1 is 1.02 bits per heavy atom. The first-order valence-corrected chi connectivity index (χ1v) is 14.4. The second-order valence-electron chi connectivity index (χ2n) is 10.6. The van der Waals surface area contributed by atoms with Crippen molar-refractivity contribution in [3.05, 3.63) is 88.9 Å². The molecule has 4 nitrogen and oxygen atoms in total. The molecule has 0 saturated heterocycles. The second-order valence-corrected chi connectivity index (χ2v) is 10.6. The number of allylic oxidation sites excluding steroid dienone is 5. The molecule has 0 aromatic heterocycles. The van der Waals surface area contributed by atoms with Gasteiger partial charge in [0.25, 0.3) is 0 Å².